The van der Waals surface area contributed by atoms with E-state index in [0.29, 0.717) is 0 Å². The molecule has 0 saturated heterocycles. The van der Waals surface area contributed by atoms with Crippen LogP contribution in [0.15, 0.2) is 71.0 Å². The molecule has 0 atom stereocenters. The number of rotatable bonds is 4. The van der Waals surface area contributed by atoms with Gasteiger partial charge in [-0.2, -0.15) is 0 Å². The zero-order valence-electron chi connectivity index (χ0n) is 13.1. The van der Waals surface area contributed by atoms with Gasteiger partial charge in [0.15, 0.2) is 5.78 Å². The molecule has 0 bridgehead atoms. The Bertz CT molecular complexity index is 806. The van der Waals surface area contributed by atoms with Gasteiger partial charge in [-0.25, -0.2) is 4.99 Å². The van der Waals surface area contributed by atoms with Crippen molar-refractivity contribution < 1.29 is 4.79 Å². The lowest BCUT2D eigenvalue weighted by Crippen LogP contribution is -2.02. The number of carbonyl (C=O) groups is 1. The first-order valence-corrected chi connectivity index (χ1v) is 8.33. The largest absolute Gasteiger partial charge is 0.294 e. The molecular formula is C20H17NOS. The van der Waals surface area contributed by atoms with E-state index in [2.05, 4.69) is 24.3 Å². The maximum Gasteiger partial charge on any atom is 0.170 e. The Morgan fingerprint density at radius 2 is 1.43 bits per heavy atom. The highest BCUT2D eigenvalue weighted by atomic mass is 32.1. The highest BCUT2D eigenvalue weighted by Crippen LogP contribution is 2.30. The smallest absolute Gasteiger partial charge is 0.170 e. The number of hydrogen-bond donors (Lipinski definition) is 0. The first kappa shape index (κ1) is 15.4. The van der Waals surface area contributed by atoms with Gasteiger partial charge in [0, 0.05) is 16.5 Å². The van der Waals surface area contributed by atoms with Gasteiger partial charge in [0.1, 0.15) is 0 Å². The third kappa shape index (κ3) is 3.30. The standard InChI is InChI=1S/C20H17NOS/c1-14-18(13-23-20(14)15(2)22)21-19(16-9-5-3-6-10-16)17-11-7-4-8-12-17/h3-13H,1-2H3. The third-order valence-corrected chi connectivity index (χ3v) is 4.83. The molecule has 0 aliphatic heterocycles. The van der Waals surface area contributed by atoms with Crippen molar-refractivity contribution in [2.45, 2.75) is 13.8 Å². The number of benzene rings is 2. The summed E-state index contributed by atoms with van der Waals surface area (Å²) in [4.78, 5) is 17.3. The number of nitrogens with zero attached hydrogens (tertiary/aromatic N) is 1. The summed E-state index contributed by atoms with van der Waals surface area (Å²) >= 11 is 1.46. The Morgan fingerprint density at radius 3 is 1.87 bits per heavy atom. The van der Waals surface area contributed by atoms with Gasteiger partial charge >= 0.3 is 0 Å². The zero-order valence-corrected chi connectivity index (χ0v) is 13.9. The molecule has 2 aromatic carbocycles. The third-order valence-electron chi connectivity index (χ3n) is 3.66. The van der Waals surface area contributed by atoms with Crippen LogP contribution in [0.2, 0.25) is 0 Å². The zero-order chi connectivity index (χ0) is 16.2. The highest BCUT2D eigenvalue weighted by molar-refractivity contribution is 7.12. The molecule has 114 valence electrons. The number of Topliss-reactive ketones (excluding diaryl/α,β-unsaturated/α-hetero) is 1. The molecule has 0 radical (unpaired) electrons. The summed E-state index contributed by atoms with van der Waals surface area (Å²) in [5.74, 6) is 0.0925. The number of thiophene rings is 1. The Kier molecular flexibility index (Phi) is 4.49. The molecule has 3 heteroatoms. The predicted molar refractivity (Wildman–Crippen MR) is 97.2 cm³/mol. The fourth-order valence-corrected chi connectivity index (χ4v) is 3.38. The number of hydrogen-bond acceptors (Lipinski definition) is 3. The molecule has 3 aromatic rings. The van der Waals surface area contributed by atoms with E-state index in [9.17, 15) is 4.79 Å². The van der Waals surface area contributed by atoms with Crippen molar-refractivity contribution in [1.29, 1.82) is 0 Å². The summed E-state index contributed by atoms with van der Waals surface area (Å²) in [6.07, 6.45) is 0. The van der Waals surface area contributed by atoms with Crippen LogP contribution in [0.5, 0.6) is 0 Å². The lowest BCUT2D eigenvalue weighted by Gasteiger charge is -2.07. The van der Waals surface area contributed by atoms with Gasteiger partial charge in [0.05, 0.1) is 16.3 Å². The fraction of sp³-hybridized carbons (Fsp3) is 0.100. The van der Waals surface area contributed by atoms with Gasteiger partial charge in [0.2, 0.25) is 0 Å². The van der Waals surface area contributed by atoms with Crippen molar-refractivity contribution in [3.63, 3.8) is 0 Å². The molecule has 0 fully saturated rings. The molecule has 3 rings (SSSR count). The molecule has 23 heavy (non-hydrogen) atoms. The van der Waals surface area contributed by atoms with Crippen molar-refractivity contribution in [3.05, 3.63) is 87.6 Å². The first-order valence-electron chi connectivity index (χ1n) is 7.45. The van der Waals surface area contributed by atoms with Crippen LogP contribution in [-0.2, 0) is 0 Å². The molecule has 0 unspecified atom stereocenters. The lowest BCUT2D eigenvalue weighted by atomic mass is 10.0. The van der Waals surface area contributed by atoms with E-state index in [1.54, 1.807) is 6.92 Å². The number of ketones is 1. The van der Waals surface area contributed by atoms with Gasteiger partial charge in [-0.05, 0) is 19.4 Å². The van der Waals surface area contributed by atoms with E-state index in [1.807, 2.05) is 48.7 Å². The van der Waals surface area contributed by atoms with Crippen LogP contribution in [0.25, 0.3) is 0 Å². The van der Waals surface area contributed by atoms with E-state index >= 15 is 0 Å². The van der Waals surface area contributed by atoms with Crippen LogP contribution < -0.4 is 0 Å². The summed E-state index contributed by atoms with van der Waals surface area (Å²) in [5, 5.41) is 1.96. The van der Waals surface area contributed by atoms with Crippen LogP contribution in [0.4, 0.5) is 5.69 Å². The summed E-state index contributed by atoms with van der Waals surface area (Å²) in [7, 11) is 0. The Labute approximate surface area is 140 Å². The van der Waals surface area contributed by atoms with E-state index < -0.39 is 0 Å². The molecule has 1 aromatic heterocycles. The van der Waals surface area contributed by atoms with Crippen molar-refractivity contribution in [1.82, 2.24) is 0 Å². The minimum atomic E-state index is 0.0925. The average molecular weight is 319 g/mol. The predicted octanol–water partition coefficient (Wildman–Crippen LogP) is 5.43. The van der Waals surface area contributed by atoms with Crippen LogP contribution in [-0.4, -0.2) is 11.5 Å². The molecule has 0 aliphatic rings. The summed E-state index contributed by atoms with van der Waals surface area (Å²) in [6, 6.07) is 20.2. The van der Waals surface area contributed by atoms with Crippen LogP contribution in [0, 0.1) is 6.92 Å². The molecule has 0 aliphatic carbocycles. The quantitative estimate of drug-likeness (QED) is 0.466. The van der Waals surface area contributed by atoms with Gasteiger partial charge in [-0.1, -0.05) is 60.7 Å². The topological polar surface area (TPSA) is 29.4 Å². The number of carbonyl (C=O) groups excluding carboxylic acids is 1. The maximum atomic E-state index is 11.7. The van der Waals surface area contributed by atoms with E-state index in [4.69, 9.17) is 4.99 Å². The maximum absolute atomic E-state index is 11.7. The monoisotopic (exact) mass is 319 g/mol. The van der Waals surface area contributed by atoms with Gasteiger partial charge in [0.25, 0.3) is 0 Å². The molecule has 0 N–H and O–H groups in total. The molecule has 0 saturated carbocycles. The van der Waals surface area contributed by atoms with Crippen LogP contribution in [0.3, 0.4) is 0 Å². The van der Waals surface area contributed by atoms with Crippen LogP contribution in [0.1, 0.15) is 33.3 Å². The van der Waals surface area contributed by atoms with Crippen LogP contribution >= 0.6 is 11.3 Å². The Hall–Kier alpha value is -2.52. The minimum Gasteiger partial charge on any atom is -0.294 e. The molecule has 1 heterocycles. The average Bonchev–Trinajstić information content (AvgIpc) is 2.95. The molecule has 2 nitrogen and oxygen atoms in total. The minimum absolute atomic E-state index is 0.0925. The second kappa shape index (κ2) is 6.71. The second-order valence-electron chi connectivity index (χ2n) is 5.32. The Morgan fingerprint density at radius 1 is 0.913 bits per heavy atom. The van der Waals surface area contributed by atoms with Crippen molar-refractivity contribution in [2.75, 3.05) is 0 Å². The fourth-order valence-electron chi connectivity index (χ4n) is 2.47. The summed E-state index contributed by atoms with van der Waals surface area (Å²) in [5.41, 5.74) is 4.86. The van der Waals surface area contributed by atoms with Gasteiger partial charge in [-0.3, -0.25) is 4.79 Å². The Balaban J connectivity index is 2.15. The first-order chi connectivity index (χ1) is 11.2. The molecular weight excluding hydrogens is 302 g/mol. The van der Waals surface area contributed by atoms with Crippen molar-refractivity contribution in [2.24, 2.45) is 4.99 Å². The normalized spacial score (nSPS) is 10.3. The highest BCUT2D eigenvalue weighted by Gasteiger charge is 2.13. The van der Waals surface area contributed by atoms with Gasteiger partial charge in [-0.15, -0.1) is 11.3 Å². The van der Waals surface area contributed by atoms with E-state index in [1.165, 1.54) is 11.3 Å². The number of aliphatic imine (C=N–C) groups is 1. The van der Waals surface area contributed by atoms with Gasteiger partial charge < -0.3 is 0 Å². The van der Waals surface area contributed by atoms with E-state index in [0.717, 1.165) is 33.0 Å². The summed E-state index contributed by atoms with van der Waals surface area (Å²) < 4.78 is 0. The molecule has 0 spiro atoms. The second-order valence-corrected chi connectivity index (χ2v) is 6.20. The van der Waals surface area contributed by atoms with Crippen molar-refractivity contribution in [3.8, 4) is 0 Å². The van der Waals surface area contributed by atoms with E-state index in [-0.39, 0.29) is 5.78 Å². The summed E-state index contributed by atoms with van der Waals surface area (Å²) in [6.45, 7) is 3.56. The van der Waals surface area contributed by atoms with Crippen molar-refractivity contribution >= 4 is 28.5 Å². The lowest BCUT2D eigenvalue weighted by molar-refractivity contribution is 0.102. The SMILES string of the molecule is CC(=O)c1scc(N=C(c2ccccc2)c2ccccc2)c1C. The molecule has 0 amide bonds.